The zero-order chi connectivity index (χ0) is 24.5. The normalized spacial score (nSPS) is 16.2. The van der Waals surface area contributed by atoms with Crippen LogP contribution < -0.4 is 14.4 Å². The van der Waals surface area contributed by atoms with Gasteiger partial charge in [-0.15, -0.1) is 0 Å². The van der Waals surface area contributed by atoms with Crippen molar-refractivity contribution in [3.63, 3.8) is 0 Å². The fourth-order valence-corrected chi connectivity index (χ4v) is 4.88. The summed E-state index contributed by atoms with van der Waals surface area (Å²) in [5.41, 5.74) is 2.44. The Balaban J connectivity index is 1.48. The van der Waals surface area contributed by atoms with E-state index in [-0.39, 0.29) is 29.2 Å². The molecule has 1 fully saturated rings. The van der Waals surface area contributed by atoms with E-state index in [0.29, 0.717) is 17.1 Å². The Kier molecular flexibility index (Phi) is 6.43. The third-order valence-corrected chi connectivity index (χ3v) is 6.91. The molecule has 0 aliphatic carbocycles. The summed E-state index contributed by atoms with van der Waals surface area (Å²) >= 11 is 0. The van der Waals surface area contributed by atoms with E-state index in [4.69, 9.17) is 4.74 Å². The summed E-state index contributed by atoms with van der Waals surface area (Å²) in [6.45, 7) is 5.75. The summed E-state index contributed by atoms with van der Waals surface area (Å²) in [5, 5.41) is 0. The molecule has 0 bridgehead atoms. The maximum Gasteiger partial charge on any atom is 0.261 e. The fraction of sp³-hybridized carbons (Fsp3) is 0.231. The number of imide groups is 1. The summed E-state index contributed by atoms with van der Waals surface area (Å²) < 4.78 is 33.4. The molecule has 1 aliphatic heterocycles. The molecule has 0 radical (unpaired) electrons. The lowest BCUT2D eigenvalue weighted by Crippen LogP contribution is -2.30. The summed E-state index contributed by atoms with van der Waals surface area (Å²) in [7, 11) is -3.75. The van der Waals surface area contributed by atoms with Crippen molar-refractivity contribution in [1.82, 2.24) is 0 Å². The first-order valence-corrected chi connectivity index (χ1v) is 12.5. The topological polar surface area (TPSA) is 92.8 Å². The molecule has 3 aromatic carbocycles. The number of benzene rings is 3. The Morgan fingerprint density at radius 2 is 1.53 bits per heavy atom. The Morgan fingerprint density at radius 3 is 2.12 bits per heavy atom. The number of anilines is 2. The van der Waals surface area contributed by atoms with Crippen LogP contribution in [0.25, 0.3) is 0 Å². The number of ether oxygens (including phenoxy) is 1. The van der Waals surface area contributed by atoms with E-state index in [1.165, 1.54) is 24.3 Å². The van der Waals surface area contributed by atoms with Crippen molar-refractivity contribution < 1.29 is 22.7 Å². The molecule has 1 aliphatic rings. The van der Waals surface area contributed by atoms with Crippen molar-refractivity contribution in [2.45, 2.75) is 44.1 Å². The first kappa shape index (κ1) is 23.5. The largest absolute Gasteiger partial charge is 0.491 e. The van der Waals surface area contributed by atoms with Gasteiger partial charge in [0.1, 0.15) is 5.75 Å². The molecule has 1 heterocycles. The van der Waals surface area contributed by atoms with Crippen LogP contribution in [-0.4, -0.2) is 26.3 Å². The number of nitrogens with one attached hydrogen (secondary N) is 1. The number of nitrogens with zero attached hydrogens (tertiary/aromatic N) is 1. The van der Waals surface area contributed by atoms with E-state index in [9.17, 15) is 18.0 Å². The molecule has 3 aromatic rings. The maximum atomic E-state index is 13.1. The van der Waals surface area contributed by atoms with E-state index in [1.54, 1.807) is 48.5 Å². The molecule has 2 amide bonds. The van der Waals surface area contributed by atoms with Gasteiger partial charge < -0.3 is 4.74 Å². The Labute approximate surface area is 199 Å². The summed E-state index contributed by atoms with van der Waals surface area (Å²) in [6.07, 6.45) is 0.116. The van der Waals surface area contributed by atoms with Crippen LogP contribution in [0.4, 0.5) is 11.4 Å². The lowest BCUT2D eigenvalue weighted by atomic mass is 9.97. The van der Waals surface area contributed by atoms with Crippen molar-refractivity contribution in [2.75, 3.05) is 9.62 Å². The van der Waals surface area contributed by atoms with Crippen LogP contribution in [0.15, 0.2) is 77.7 Å². The highest BCUT2D eigenvalue weighted by atomic mass is 32.2. The number of carbonyl (C=O) groups excluding carboxylic acids is 2. The van der Waals surface area contributed by atoms with Gasteiger partial charge in [0.15, 0.2) is 0 Å². The number of hydrogen-bond donors (Lipinski definition) is 1. The number of hydrogen-bond acceptors (Lipinski definition) is 5. The van der Waals surface area contributed by atoms with Gasteiger partial charge in [-0.1, -0.05) is 29.8 Å². The molecule has 1 N–H and O–H groups in total. The van der Waals surface area contributed by atoms with Gasteiger partial charge in [0.05, 0.1) is 22.6 Å². The van der Waals surface area contributed by atoms with Gasteiger partial charge in [0, 0.05) is 12.1 Å². The molecule has 4 rings (SSSR count). The third kappa shape index (κ3) is 4.97. The molecule has 0 spiro atoms. The van der Waals surface area contributed by atoms with Gasteiger partial charge in [-0.05, 0) is 74.9 Å². The second-order valence-corrected chi connectivity index (χ2v) is 10.2. The van der Waals surface area contributed by atoms with Gasteiger partial charge in [0.2, 0.25) is 11.8 Å². The number of sulfonamides is 1. The summed E-state index contributed by atoms with van der Waals surface area (Å²) in [4.78, 5) is 27.1. The average molecular weight is 479 g/mol. The van der Waals surface area contributed by atoms with Gasteiger partial charge in [-0.3, -0.25) is 19.2 Å². The van der Waals surface area contributed by atoms with Crippen LogP contribution >= 0.6 is 0 Å². The molecule has 34 heavy (non-hydrogen) atoms. The first-order chi connectivity index (χ1) is 16.1. The van der Waals surface area contributed by atoms with Gasteiger partial charge in [-0.25, -0.2) is 8.42 Å². The standard InChI is InChI=1S/C26H26N2O5S/c1-17(2)33-22-12-6-19(7-13-22)24-16-25(29)28(26(24)30)21-10-8-20(9-11-21)27-34(31,32)23-14-4-18(3)5-15-23/h4-15,17,24,27H,16H2,1-3H3. The molecule has 1 atom stereocenters. The predicted octanol–water partition coefficient (Wildman–Crippen LogP) is 4.63. The highest BCUT2D eigenvalue weighted by Crippen LogP contribution is 2.34. The van der Waals surface area contributed by atoms with E-state index < -0.39 is 15.9 Å². The minimum absolute atomic E-state index is 0.0420. The smallest absolute Gasteiger partial charge is 0.261 e. The van der Waals surface area contributed by atoms with Crippen molar-refractivity contribution >= 4 is 33.2 Å². The Hall–Kier alpha value is -3.65. The van der Waals surface area contributed by atoms with Crippen LogP contribution in [0, 0.1) is 6.92 Å². The summed E-state index contributed by atoms with van der Waals surface area (Å²) in [6, 6.07) is 19.9. The minimum atomic E-state index is -3.75. The zero-order valence-corrected chi connectivity index (χ0v) is 20.0. The maximum absolute atomic E-state index is 13.1. The molecular weight excluding hydrogens is 452 g/mol. The van der Waals surface area contributed by atoms with E-state index in [2.05, 4.69) is 4.72 Å². The SMILES string of the molecule is Cc1ccc(S(=O)(=O)Nc2ccc(N3C(=O)CC(c4ccc(OC(C)C)cc4)C3=O)cc2)cc1. The number of rotatable bonds is 7. The fourth-order valence-electron chi connectivity index (χ4n) is 3.82. The van der Waals surface area contributed by atoms with E-state index in [1.807, 2.05) is 20.8 Å². The minimum Gasteiger partial charge on any atom is -0.491 e. The monoisotopic (exact) mass is 478 g/mol. The molecule has 1 unspecified atom stereocenters. The van der Waals surface area contributed by atoms with Crippen molar-refractivity contribution in [1.29, 1.82) is 0 Å². The Bertz CT molecular complexity index is 1300. The van der Waals surface area contributed by atoms with Crippen LogP contribution in [0.3, 0.4) is 0 Å². The van der Waals surface area contributed by atoms with E-state index in [0.717, 1.165) is 16.0 Å². The number of aryl methyl sites for hydroxylation is 1. The molecule has 1 saturated heterocycles. The van der Waals surface area contributed by atoms with Crippen molar-refractivity contribution in [3.8, 4) is 5.75 Å². The average Bonchev–Trinajstić information content (AvgIpc) is 3.08. The highest BCUT2D eigenvalue weighted by molar-refractivity contribution is 7.92. The molecule has 7 nitrogen and oxygen atoms in total. The van der Waals surface area contributed by atoms with Crippen LogP contribution in [0.5, 0.6) is 5.75 Å². The van der Waals surface area contributed by atoms with Crippen molar-refractivity contribution in [3.05, 3.63) is 83.9 Å². The second-order valence-electron chi connectivity index (χ2n) is 8.53. The highest BCUT2D eigenvalue weighted by Gasteiger charge is 2.40. The molecule has 8 heteroatoms. The Morgan fingerprint density at radius 1 is 0.912 bits per heavy atom. The molecule has 0 saturated carbocycles. The zero-order valence-electron chi connectivity index (χ0n) is 19.2. The van der Waals surface area contributed by atoms with Gasteiger partial charge in [-0.2, -0.15) is 0 Å². The molecule has 176 valence electrons. The van der Waals surface area contributed by atoms with Gasteiger partial charge >= 0.3 is 0 Å². The van der Waals surface area contributed by atoms with Crippen LogP contribution in [0.1, 0.15) is 37.3 Å². The molecular formula is C26H26N2O5S. The third-order valence-electron chi connectivity index (χ3n) is 5.51. The first-order valence-electron chi connectivity index (χ1n) is 11.0. The van der Waals surface area contributed by atoms with Crippen LogP contribution in [-0.2, 0) is 19.6 Å². The lowest BCUT2D eigenvalue weighted by molar-refractivity contribution is -0.121. The second kappa shape index (κ2) is 9.30. The predicted molar refractivity (Wildman–Crippen MR) is 130 cm³/mol. The van der Waals surface area contributed by atoms with Gasteiger partial charge in [0.25, 0.3) is 10.0 Å². The molecule has 0 aromatic heterocycles. The van der Waals surface area contributed by atoms with Crippen molar-refractivity contribution in [2.24, 2.45) is 0 Å². The number of amides is 2. The summed E-state index contributed by atoms with van der Waals surface area (Å²) in [5.74, 6) is -0.475. The van der Waals surface area contributed by atoms with Crippen LogP contribution in [0.2, 0.25) is 0 Å². The lowest BCUT2D eigenvalue weighted by Gasteiger charge is -2.16. The number of carbonyl (C=O) groups is 2. The quantitative estimate of drug-likeness (QED) is 0.500. The van der Waals surface area contributed by atoms with E-state index >= 15 is 0 Å².